The van der Waals surface area contributed by atoms with Gasteiger partial charge in [-0.15, -0.1) is 0 Å². The molecule has 3 fully saturated rings. The highest BCUT2D eigenvalue weighted by Gasteiger charge is 2.39. The minimum atomic E-state index is -0.191. The van der Waals surface area contributed by atoms with Gasteiger partial charge in [0.05, 0.1) is 0 Å². The summed E-state index contributed by atoms with van der Waals surface area (Å²) >= 11 is 0. The minimum absolute atomic E-state index is 0.0603. The van der Waals surface area contributed by atoms with E-state index in [0.29, 0.717) is 11.9 Å². The molecule has 0 aromatic carbocycles. The molecule has 0 spiro atoms. The highest BCUT2D eigenvalue weighted by molar-refractivity contribution is 5.82. The van der Waals surface area contributed by atoms with Crippen LogP contribution in [-0.2, 0) is 4.79 Å². The Kier molecular flexibility index (Phi) is 4.06. The summed E-state index contributed by atoms with van der Waals surface area (Å²) in [4.78, 5) is 28.4. The number of hydrogen-bond donors (Lipinski definition) is 2. The maximum atomic E-state index is 12.8. The van der Waals surface area contributed by atoms with E-state index in [-0.39, 0.29) is 11.4 Å². The summed E-state index contributed by atoms with van der Waals surface area (Å²) in [6.45, 7) is 7.12. The summed E-state index contributed by atoms with van der Waals surface area (Å²) in [5.41, 5.74) is -0.191. The SMILES string of the molecule is CC1(C(=O)N2CCC(N3CCNC3=O)CC2)CCNCC1. The van der Waals surface area contributed by atoms with Crippen LogP contribution in [0, 0.1) is 5.41 Å². The topological polar surface area (TPSA) is 64.7 Å². The number of amides is 3. The van der Waals surface area contributed by atoms with Crippen molar-refractivity contribution in [2.75, 3.05) is 39.3 Å². The molecule has 0 unspecified atom stereocenters. The van der Waals surface area contributed by atoms with Crippen LogP contribution in [0.2, 0.25) is 0 Å². The first-order valence-electron chi connectivity index (χ1n) is 8.15. The Labute approximate surface area is 126 Å². The molecule has 0 aliphatic carbocycles. The molecule has 0 bridgehead atoms. The zero-order valence-corrected chi connectivity index (χ0v) is 12.9. The van der Waals surface area contributed by atoms with Crippen LogP contribution in [0.3, 0.4) is 0 Å². The van der Waals surface area contributed by atoms with E-state index < -0.39 is 0 Å². The molecular formula is C15H26N4O2. The van der Waals surface area contributed by atoms with Crippen LogP contribution in [0.4, 0.5) is 4.79 Å². The van der Waals surface area contributed by atoms with Crippen LogP contribution < -0.4 is 10.6 Å². The van der Waals surface area contributed by atoms with Crippen molar-refractivity contribution in [1.82, 2.24) is 20.4 Å². The van der Waals surface area contributed by atoms with Crippen molar-refractivity contribution in [3.05, 3.63) is 0 Å². The molecule has 0 atom stereocenters. The van der Waals surface area contributed by atoms with E-state index in [9.17, 15) is 9.59 Å². The van der Waals surface area contributed by atoms with Gasteiger partial charge >= 0.3 is 6.03 Å². The largest absolute Gasteiger partial charge is 0.342 e. The number of urea groups is 1. The second kappa shape index (κ2) is 5.83. The molecule has 2 N–H and O–H groups in total. The van der Waals surface area contributed by atoms with Crippen LogP contribution in [0.1, 0.15) is 32.6 Å². The van der Waals surface area contributed by atoms with Crippen LogP contribution >= 0.6 is 0 Å². The normalized spacial score (nSPS) is 26.8. The quantitative estimate of drug-likeness (QED) is 0.774. The summed E-state index contributed by atoms with van der Waals surface area (Å²) in [5.74, 6) is 0.313. The van der Waals surface area contributed by atoms with Gasteiger partial charge < -0.3 is 20.4 Å². The first kappa shape index (κ1) is 14.6. The van der Waals surface area contributed by atoms with E-state index in [4.69, 9.17) is 0 Å². The summed E-state index contributed by atoms with van der Waals surface area (Å²) < 4.78 is 0. The van der Waals surface area contributed by atoms with Crippen molar-refractivity contribution in [2.24, 2.45) is 5.41 Å². The number of carbonyl (C=O) groups is 2. The van der Waals surface area contributed by atoms with Gasteiger partial charge in [0.15, 0.2) is 0 Å². The number of carbonyl (C=O) groups excluding carboxylic acids is 2. The fourth-order valence-corrected chi connectivity index (χ4v) is 3.79. The third-order valence-corrected chi connectivity index (χ3v) is 5.31. The van der Waals surface area contributed by atoms with Crippen molar-refractivity contribution in [3.63, 3.8) is 0 Å². The molecule has 0 aromatic heterocycles. The molecule has 21 heavy (non-hydrogen) atoms. The number of piperidine rings is 2. The van der Waals surface area contributed by atoms with Gasteiger partial charge in [0, 0.05) is 37.6 Å². The van der Waals surface area contributed by atoms with Gasteiger partial charge in [-0.3, -0.25) is 4.79 Å². The van der Waals surface area contributed by atoms with Crippen molar-refractivity contribution in [3.8, 4) is 0 Å². The van der Waals surface area contributed by atoms with Crippen LogP contribution in [0.5, 0.6) is 0 Å². The molecule has 118 valence electrons. The summed E-state index contributed by atoms with van der Waals surface area (Å²) in [6.07, 6.45) is 3.68. The fraction of sp³-hybridized carbons (Fsp3) is 0.867. The third-order valence-electron chi connectivity index (χ3n) is 5.31. The van der Waals surface area contributed by atoms with E-state index in [1.54, 1.807) is 0 Å². The molecule has 0 saturated carbocycles. The molecule has 3 amide bonds. The zero-order valence-electron chi connectivity index (χ0n) is 12.9. The summed E-state index contributed by atoms with van der Waals surface area (Å²) in [7, 11) is 0. The van der Waals surface area contributed by atoms with Gasteiger partial charge in [0.2, 0.25) is 5.91 Å². The second-order valence-corrected chi connectivity index (χ2v) is 6.76. The first-order valence-corrected chi connectivity index (χ1v) is 8.15. The molecule has 0 aromatic rings. The monoisotopic (exact) mass is 294 g/mol. The first-order chi connectivity index (χ1) is 10.1. The lowest BCUT2D eigenvalue weighted by Gasteiger charge is -2.41. The lowest BCUT2D eigenvalue weighted by molar-refractivity contribution is -0.144. The molecule has 0 radical (unpaired) electrons. The lowest BCUT2D eigenvalue weighted by atomic mass is 9.79. The molecule has 3 rings (SSSR count). The molecule has 3 saturated heterocycles. The Morgan fingerprint density at radius 2 is 1.81 bits per heavy atom. The fourth-order valence-electron chi connectivity index (χ4n) is 3.79. The highest BCUT2D eigenvalue weighted by Crippen LogP contribution is 2.32. The van der Waals surface area contributed by atoms with Crippen molar-refractivity contribution < 1.29 is 9.59 Å². The predicted molar refractivity (Wildman–Crippen MR) is 79.9 cm³/mol. The highest BCUT2D eigenvalue weighted by atomic mass is 16.2. The number of hydrogen-bond acceptors (Lipinski definition) is 3. The van der Waals surface area contributed by atoms with Gasteiger partial charge in [0.1, 0.15) is 0 Å². The van der Waals surface area contributed by atoms with Gasteiger partial charge in [-0.2, -0.15) is 0 Å². The van der Waals surface area contributed by atoms with E-state index in [2.05, 4.69) is 17.6 Å². The summed E-state index contributed by atoms with van der Waals surface area (Å²) in [5, 5.41) is 6.18. The molecule has 6 heteroatoms. The van der Waals surface area contributed by atoms with Crippen LogP contribution in [0.15, 0.2) is 0 Å². The van der Waals surface area contributed by atoms with Crippen LogP contribution in [0.25, 0.3) is 0 Å². The van der Waals surface area contributed by atoms with E-state index >= 15 is 0 Å². The smallest absolute Gasteiger partial charge is 0.317 e. The maximum Gasteiger partial charge on any atom is 0.317 e. The predicted octanol–water partition coefficient (Wildman–Crippen LogP) is 0.392. The number of nitrogens with zero attached hydrogens (tertiary/aromatic N) is 2. The molecule has 6 nitrogen and oxygen atoms in total. The van der Waals surface area contributed by atoms with E-state index in [1.807, 2.05) is 9.80 Å². The van der Waals surface area contributed by atoms with Gasteiger partial charge in [-0.05, 0) is 38.8 Å². The standard InChI is InChI=1S/C15H26N4O2/c1-15(4-6-16-7-5-15)13(20)18-9-2-12(3-10-18)19-11-8-17-14(19)21/h12,16H,2-11H2,1H3,(H,17,21). The Hall–Kier alpha value is -1.30. The van der Waals surface area contributed by atoms with Crippen molar-refractivity contribution in [2.45, 2.75) is 38.6 Å². The minimum Gasteiger partial charge on any atom is -0.342 e. The van der Waals surface area contributed by atoms with Gasteiger partial charge in [-0.25, -0.2) is 4.79 Å². The molecule has 3 aliphatic heterocycles. The van der Waals surface area contributed by atoms with E-state index in [1.165, 1.54) is 0 Å². The van der Waals surface area contributed by atoms with Gasteiger partial charge in [0.25, 0.3) is 0 Å². The Morgan fingerprint density at radius 3 is 2.38 bits per heavy atom. The second-order valence-electron chi connectivity index (χ2n) is 6.76. The molecular weight excluding hydrogens is 268 g/mol. The molecule has 3 aliphatic rings. The number of likely N-dealkylation sites (tertiary alicyclic amines) is 1. The number of nitrogens with one attached hydrogen (secondary N) is 2. The lowest BCUT2D eigenvalue weighted by Crippen LogP contribution is -2.52. The third kappa shape index (κ3) is 2.86. The summed E-state index contributed by atoms with van der Waals surface area (Å²) in [6, 6.07) is 0.363. The number of rotatable bonds is 2. The Bertz CT molecular complexity index is 412. The zero-order chi connectivity index (χ0) is 14.9. The average Bonchev–Trinajstić information content (AvgIpc) is 2.93. The van der Waals surface area contributed by atoms with Crippen LogP contribution in [-0.4, -0.2) is 67.0 Å². The Balaban J connectivity index is 1.55. The Morgan fingerprint density at radius 1 is 1.14 bits per heavy atom. The maximum absolute atomic E-state index is 12.8. The molecule has 3 heterocycles. The van der Waals surface area contributed by atoms with E-state index in [0.717, 1.165) is 65.0 Å². The average molecular weight is 294 g/mol. The van der Waals surface area contributed by atoms with Crippen molar-refractivity contribution in [1.29, 1.82) is 0 Å². The van der Waals surface area contributed by atoms with Gasteiger partial charge in [-0.1, -0.05) is 6.92 Å². The van der Waals surface area contributed by atoms with Crippen molar-refractivity contribution >= 4 is 11.9 Å².